The van der Waals surface area contributed by atoms with Gasteiger partial charge in [0, 0.05) is 6.42 Å². The molecule has 0 aliphatic heterocycles. The van der Waals surface area contributed by atoms with Crippen LogP contribution in [0.25, 0.3) is 10.8 Å². The van der Waals surface area contributed by atoms with Crippen LogP contribution in [0.2, 0.25) is 0 Å². The number of hydrogen-bond acceptors (Lipinski definition) is 2. The maximum Gasteiger partial charge on any atom is 0.167 e. The summed E-state index contributed by atoms with van der Waals surface area (Å²) in [4.78, 5) is 12.7. The van der Waals surface area contributed by atoms with Crippen LogP contribution in [0.1, 0.15) is 120 Å². The van der Waals surface area contributed by atoms with Gasteiger partial charge in [0.05, 0.1) is 5.56 Å². The summed E-state index contributed by atoms with van der Waals surface area (Å²) in [5, 5.41) is 12.1. The van der Waals surface area contributed by atoms with Crippen molar-refractivity contribution in [3.05, 3.63) is 42.0 Å². The Balaban J connectivity index is 1.49. The lowest BCUT2D eigenvalue weighted by Gasteiger charge is -2.08. The molecule has 2 aromatic rings. The van der Waals surface area contributed by atoms with Crippen molar-refractivity contribution in [1.82, 2.24) is 0 Å². The third-order valence-corrected chi connectivity index (χ3v) is 6.19. The minimum Gasteiger partial charge on any atom is -0.507 e. The van der Waals surface area contributed by atoms with Gasteiger partial charge in [-0.2, -0.15) is 0 Å². The van der Waals surface area contributed by atoms with Crippen LogP contribution in [0.4, 0.5) is 0 Å². The predicted octanol–water partition coefficient (Wildman–Crippen LogP) is 8.99. The first-order valence-electron chi connectivity index (χ1n) is 12.5. The topological polar surface area (TPSA) is 37.3 Å². The Morgan fingerprint density at radius 1 is 0.667 bits per heavy atom. The van der Waals surface area contributed by atoms with Gasteiger partial charge in [-0.3, -0.25) is 4.79 Å². The van der Waals surface area contributed by atoms with Gasteiger partial charge in [0.25, 0.3) is 0 Å². The molecule has 0 aliphatic carbocycles. The van der Waals surface area contributed by atoms with Crippen molar-refractivity contribution >= 4 is 16.6 Å². The highest BCUT2D eigenvalue weighted by Crippen LogP contribution is 2.28. The smallest absolute Gasteiger partial charge is 0.167 e. The molecule has 0 fully saturated rings. The molecular weight excluding hydrogens is 368 g/mol. The van der Waals surface area contributed by atoms with E-state index in [-0.39, 0.29) is 11.5 Å². The number of benzene rings is 2. The molecule has 0 spiro atoms. The van der Waals surface area contributed by atoms with Crippen LogP contribution in [0.3, 0.4) is 0 Å². The molecule has 166 valence electrons. The summed E-state index contributed by atoms with van der Waals surface area (Å²) in [7, 11) is 0. The number of hydrogen-bond donors (Lipinski definition) is 1. The fraction of sp³-hybridized carbons (Fsp3) is 0.607. The monoisotopic (exact) mass is 410 g/mol. The number of ketones is 1. The van der Waals surface area contributed by atoms with E-state index in [1.54, 1.807) is 6.07 Å². The largest absolute Gasteiger partial charge is 0.507 e. The van der Waals surface area contributed by atoms with Gasteiger partial charge in [0.2, 0.25) is 0 Å². The lowest BCUT2D eigenvalue weighted by molar-refractivity contribution is 0.0978. The van der Waals surface area contributed by atoms with Crippen molar-refractivity contribution in [2.75, 3.05) is 0 Å². The van der Waals surface area contributed by atoms with Gasteiger partial charge in [-0.05, 0) is 23.3 Å². The summed E-state index contributed by atoms with van der Waals surface area (Å²) >= 11 is 0. The molecule has 1 N–H and O–H groups in total. The molecule has 0 unspecified atom stereocenters. The van der Waals surface area contributed by atoms with Gasteiger partial charge in [-0.15, -0.1) is 0 Å². The Kier molecular flexibility index (Phi) is 12.3. The number of carbonyl (C=O) groups is 1. The zero-order chi connectivity index (χ0) is 21.4. The van der Waals surface area contributed by atoms with Crippen molar-refractivity contribution in [2.24, 2.45) is 0 Å². The van der Waals surface area contributed by atoms with Crippen LogP contribution in [-0.4, -0.2) is 10.9 Å². The number of rotatable bonds is 17. The molecule has 0 bridgehead atoms. The highest BCUT2D eigenvalue weighted by Gasteiger charge is 2.14. The second-order valence-corrected chi connectivity index (χ2v) is 8.80. The van der Waals surface area contributed by atoms with Gasteiger partial charge in [0.1, 0.15) is 5.75 Å². The summed E-state index contributed by atoms with van der Waals surface area (Å²) in [5.74, 6) is 0.179. The highest BCUT2D eigenvalue weighted by molar-refractivity contribution is 6.10. The molecule has 0 saturated heterocycles. The van der Waals surface area contributed by atoms with Crippen LogP contribution < -0.4 is 0 Å². The Bertz CT molecular complexity index is 734. The maximum absolute atomic E-state index is 12.7. The second kappa shape index (κ2) is 15.0. The van der Waals surface area contributed by atoms with Crippen molar-refractivity contribution in [3.8, 4) is 5.75 Å². The Labute approximate surface area is 184 Å². The number of aromatic hydroxyl groups is 1. The van der Waals surface area contributed by atoms with E-state index in [2.05, 4.69) is 6.92 Å². The lowest BCUT2D eigenvalue weighted by Crippen LogP contribution is -2.01. The quantitative estimate of drug-likeness (QED) is 0.209. The molecule has 2 aromatic carbocycles. The maximum atomic E-state index is 12.7. The molecule has 0 aromatic heterocycles. The molecule has 0 amide bonds. The van der Waals surface area contributed by atoms with E-state index in [1.807, 2.05) is 30.3 Å². The molecule has 0 saturated carbocycles. The van der Waals surface area contributed by atoms with Gasteiger partial charge in [-0.25, -0.2) is 0 Å². The Morgan fingerprint density at radius 3 is 1.73 bits per heavy atom. The molecule has 2 rings (SSSR count). The van der Waals surface area contributed by atoms with Crippen molar-refractivity contribution in [3.63, 3.8) is 0 Å². The van der Waals surface area contributed by atoms with Gasteiger partial charge in [-0.1, -0.05) is 127 Å². The van der Waals surface area contributed by atoms with Crippen molar-refractivity contribution < 1.29 is 9.90 Å². The number of phenolic OH excluding ortho intramolecular Hbond substituents is 1. The van der Waals surface area contributed by atoms with E-state index in [0.717, 1.165) is 23.6 Å². The average Bonchev–Trinajstić information content (AvgIpc) is 2.76. The van der Waals surface area contributed by atoms with Gasteiger partial charge < -0.3 is 5.11 Å². The highest BCUT2D eigenvalue weighted by atomic mass is 16.3. The molecule has 0 aliphatic rings. The number of carbonyl (C=O) groups excluding carboxylic acids is 1. The molecular formula is C28H42O2. The Hall–Kier alpha value is -1.83. The molecule has 0 radical (unpaired) electrons. The van der Waals surface area contributed by atoms with Crippen LogP contribution in [0.5, 0.6) is 5.75 Å². The van der Waals surface area contributed by atoms with E-state index in [9.17, 15) is 9.90 Å². The fourth-order valence-corrected chi connectivity index (χ4v) is 4.33. The van der Waals surface area contributed by atoms with E-state index >= 15 is 0 Å². The first kappa shape index (κ1) is 24.4. The predicted molar refractivity (Wildman–Crippen MR) is 129 cm³/mol. The van der Waals surface area contributed by atoms with Crippen LogP contribution in [0.15, 0.2) is 36.4 Å². The first-order valence-corrected chi connectivity index (χ1v) is 12.5. The molecule has 2 heteroatoms. The van der Waals surface area contributed by atoms with Crippen LogP contribution in [0, 0.1) is 0 Å². The fourth-order valence-electron chi connectivity index (χ4n) is 4.33. The third kappa shape index (κ3) is 8.90. The molecule has 0 atom stereocenters. The normalized spacial score (nSPS) is 11.2. The molecule has 2 nitrogen and oxygen atoms in total. The second-order valence-electron chi connectivity index (χ2n) is 8.80. The summed E-state index contributed by atoms with van der Waals surface area (Å²) < 4.78 is 0. The lowest BCUT2D eigenvalue weighted by atomic mass is 9.97. The number of phenols is 1. The van der Waals surface area contributed by atoms with E-state index < -0.39 is 0 Å². The molecule has 30 heavy (non-hydrogen) atoms. The first-order chi connectivity index (χ1) is 14.7. The summed E-state index contributed by atoms with van der Waals surface area (Å²) in [5.41, 5.74) is 0.499. The third-order valence-electron chi connectivity index (χ3n) is 6.19. The Morgan fingerprint density at radius 2 is 1.17 bits per heavy atom. The average molecular weight is 411 g/mol. The molecule has 0 heterocycles. The van der Waals surface area contributed by atoms with Crippen LogP contribution >= 0.6 is 0 Å². The minimum atomic E-state index is 0.0685. The van der Waals surface area contributed by atoms with Gasteiger partial charge >= 0.3 is 0 Å². The van der Waals surface area contributed by atoms with Gasteiger partial charge in [0.15, 0.2) is 5.78 Å². The minimum absolute atomic E-state index is 0.0685. The van der Waals surface area contributed by atoms with Crippen molar-refractivity contribution in [1.29, 1.82) is 0 Å². The SMILES string of the molecule is CCCCCCCCCCCCCCCCCC(=O)c1c(O)ccc2ccccc12. The zero-order valence-corrected chi connectivity index (χ0v) is 19.1. The number of Topliss-reactive ketones (excluding diaryl/α,β-unsaturated/α-hetero) is 1. The summed E-state index contributed by atoms with van der Waals surface area (Å²) in [6.07, 6.45) is 20.4. The number of fused-ring (bicyclic) bond motifs is 1. The standard InChI is InChI=1S/C28H42O2/c1-2-3-4-5-6-7-8-9-10-11-12-13-14-15-16-21-26(29)28-25-20-18-17-19-24(25)22-23-27(28)30/h17-20,22-23,30H,2-16,21H2,1H3. The summed E-state index contributed by atoms with van der Waals surface area (Å²) in [6.45, 7) is 2.28. The van der Waals surface area contributed by atoms with E-state index in [1.165, 1.54) is 83.5 Å². The zero-order valence-electron chi connectivity index (χ0n) is 19.1. The van der Waals surface area contributed by atoms with Crippen molar-refractivity contribution in [2.45, 2.75) is 110 Å². The van der Waals surface area contributed by atoms with Crippen LogP contribution in [-0.2, 0) is 0 Å². The van der Waals surface area contributed by atoms with E-state index in [0.29, 0.717) is 12.0 Å². The number of unbranched alkanes of at least 4 members (excludes halogenated alkanes) is 14. The van der Waals surface area contributed by atoms with E-state index in [4.69, 9.17) is 0 Å². The summed E-state index contributed by atoms with van der Waals surface area (Å²) in [6, 6.07) is 11.3.